The Morgan fingerprint density at radius 3 is 2.69 bits per heavy atom. The van der Waals surface area contributed by atoms with Crippen LogP contribution in [-0.2, 0) is 14.3 Å². The van der Waals surface area contributed by atoms with Crippen LogP contribution >= 0.6 is 11.3 Å². The zero-order valence-corrected chi connectivity index (χ0v) is 16.8. The zero-order chi connectivity index (χ0) is 20.4. The van der Waals surface area contributed by atoms with Gasteiger partial charge in [0.1, 0.15) is 6.61 Å². The Kier molecular flexibility index (Phi) is 5.48. The zero-order valence-electron chi connectivity index (χ0n) is 15.9. The largest absolute Gasteiger partial charge is 0.467 e. The van der Waals surface area contributed by atoms with E-state index in [0.717, 1.165) is 10.6 Å². The molecule has 0 spiro atoms. The van der Waals surface area contributed by atoms with Gasteiger partial charge in [-0.1, -0.05) is 6.07 Å². The van der Waals surface area contributed by atoms with Crippen LogP contribution in [0.4, 0.5) is 4.79 Å². The van der Waals surface area contributed by atoms with Crippen molar-refractivity contribution in [3.8, 4) is 10.6 Å². The molecule has 0 aromatic carbocycles. The van der Waals surface area contributed by atoms with Crippen molar-refractivity contribution in [1.82, 2.24) is 14.8 Å². The van der Waals surface area contributed by atoms with Gasteiger partial charge in [0, 0.05) is 25.3 Å². The first-order valence-electron chi connectivity index (χ1n) is 9.42. The predicted molar refractivity (Wildman–Crippen MR) is 105 cm³/mol. The SMILES string of the molecule is COC(=O)C1COC(=O)N1C1CCN(C(=O)c2ccc(-c3ccccn3)s2)CC1. The van der Waals surface area contributed by atoms with Crippen molar-refractivity contribution < 1.29 is 23.9 Å². The van der Waals surface area contributed by atoms with Gasteiger partial charge in [0.2, 0.25) is 0 Å². The van der Waals surface area contributed by atoms with E-state index in [4.69, 9.17) is 9.47 Å². The van der Waals surface area contributed by atoms with Crippen molar-refractivity contribution in [3.63, 3.8) is 0 Å². The Hall–Kier alpha value is -2.94. The Bertz CT molecular complexity index is 908. The summed E-state index contributed by atoms with van der Waals surface area (Å²) in [5, 5.41) is 0. The maximum absolute atomic E-state index is 12.9. The number of hydrogen-bond acceptors (Lipinski definition) is 7. The second-order valence-corrected chi connectivity index (χ2v) is 8.01. The van der Waals surface area contributed by atoms with E-state index in [0.29, 0.717) is 30.8 Å². The Balaban J connectivity index is 1.39. The molecule has 29 heavy (non-hydrogen) atoms. The van der Waals surface area contributed by atoms with Gasteiger partial charge in [0.15, 0.2) is 6.04 Å². The molecule has 9 heteroatoms. The van der Waals surface area contributed by atoms with Gasteiger partial charge >= 0.3 is 12.1 Å². The maximum Gasteiger partial charge on any atom is 0.410 e. The van der Waals surface area contributed by atoms with E-state index in [1.165, 1.54) is 23.3 Å². The molecule has 2 fully saturated rings. The second-order valence-electron chi connectivity index (χ2n) is 6.93. The first kappa shape index (κ1) is 19.4. The molecular weight excluding hydrogens is 394 g/mol. The van der Waals surface area contributed by atoms with Crippen molar-refractivity contribution in [2.24, 2.45) is 0 Å². The lowest BCUT2D eigenvalue weighted by molar-refractivity contribution is -0.145. The number of amides is 2. The minimum absolute atomic E-state index is 0.0101. The molecule has 1 unspecified atom stereocenters. The van der Waals surface area contributed by atoms with Crippen LogP contribution in [0.15, 0.2) is 36.5 Å². The van der Waals surface area contributed by atoms with Crippen LogP contribution in [0.3, 0.4) is 0 Å². The number of thiophene rings is 1. The lowest BCUT2D eigenvalue weighted by Gasteiger charge is -2.37. The van der Waals surface area contributed by atoms with E-state index < -0.39 is 18.1 Å². The number of likely N-dealkylation sites (tertiary alicyclic amines) is 1. The molecule has 4 rings (SSSR count). The first-order valence-corrected chi connectivity index (χ1v) is 10.2. The smallest absolute Gasteiger partial charge is 0.410 e. The Labute approximate surface area is 172 Å². The number of methoxy groups -OCH3 is 1. The molecule has 1 atom stereocenters. The number of aromatic nitrogens is 1. The summed E-state index contributed by atoms with van der Waals surface area (Å²) in [7, 11) is 1.30. The van der Waals surface area contributed by atoms with Gasteiger partial charge in [0.25, 0.3) is 5.91 Å². The lowest BCUT2D eigenvalue weighted by Crippen LogP contribution is -2.51. The fraction of sp³-hybridized carbons (Fsp3) is 0.400. The normalized spacial score (nSPS) is 19.9. The molecule has 0 N–H and O–H groups in total. The minimum atomic E-state index is -0.710. The molecule has 0 saturated carbocycles. The van der Waals surface area contributed by atoms with Crippen LogP contribution in [0.1, 0.15) is 22.5 Å². The predicted octanol–water partition coefficient (Wildman–Crippen LogP) is 2.41. The minimum Gasteiger partial charge on any atom is -0.467 e. The number of nitrogens with zero attached hydrogens (tertiary/aromatic N) is 3. The number of esters is 1. The topological polar surface area (TPSA) is 89.0 Å². The summed E-state index contributed by atoms with van der Waals surface area (Å²) in [6, 6.07) is 8.57. The molecular formula is C20H21N3O5S. The average Bonchev–Trinajstić information content (AvgIpc) is 3.41. The van der Waals surface area contributed by atoms with Gasteiger partial charge in [-0.25, -0.2) is 9.59 Å². The van der Waals surface area contributed by atoms with Gasteiger partial charge in [-0.05, 0) is 37.1 Å². The van der Waals surface area contributed by atoms with Gasteiger partial charge < -0.3 is 14.4 Å². The second kappa shape index (κ2) is 8.20. The average molecular weight is 415 g/mol. The summed E-state index contributed by atoms with van der Waals surface area (Å²) in [4.78, 5) is 46.1. The van der Waals surface area contributed by atoms with E-state index in [1.54, 1.807) is 11.1 Å². The highest BCUT2D eigenvalue weighted by Crippen LogP contribution is 2.29. The number of ether oxygens (including phenoxy) is 2. The maximum atomic E-state index is 12.9. The fourth-order valence-corrected chi connectivity index (χ4v) is 4.71. The third-order valence-electron chi connectivity index (χ3n) is 5.26. The highest BCUT2D eigenvalue weighted by atomic mass is 32.1. The third-order valence-corrected chi connectivity index (χ3v) is 6.36. The fourth-order valence-electron chi connectivity index (χ4n) is 3.76. The van der Waals surface area contributed by atoms with Crippen LogP contribution in [0, 0.1) is 0 Å². The summed E-state index contributed by atoms with van der Waals surface area (Å²) < 4.78 is 9.82. The van der Waals surface area contributed by atoms with Gasteiger partial charge in [-0.3, -0.25) is 14.7 Å². The molecule has 0 radical (unpaired) electrons. The number of carbonyl (C=O) groups is 3. The standard InChI is InChI=1S/C20H21N3O5S/c1-27-19(25)15-12-28-20(26)23(15)13-7-10-22(11-8-13)18(24)17-6-5-16(29-17)14-4-2-3-9-21-14/h2-6,9,13,15H,7-8,10-12H2,1H3. The quantitative estimate of drug-likeness (QED) is 0.713. The number of rotatable bonds is 4. The van der Waals surface area contributed by atoms with Crippen LogP contribution in [0.5, 0.6) is 0 Å². The number of piperidine rings is 1. The first-order chi connectivity index (χ1) is 14.1. The van der Waals surface area contributed by atoms with Crippen LogP contribution in [0.25, 0.3) is 10.6 Å². The van der Waals surface area contributed by atoms with Crippen LogP contribution in [0.2, 0.25) is 0 Å². The number of cyclic esters (lactones) is 1. The van der Waals surface area contributed by atoms with Crippen molar-refractivity contribution >= 4 is 29.3 Å². The van der Waals surface area contributed by atoms with Gasteiger partial charge in [-0.2, -0.15) is 0 Å². The molecule has 0 bridgehead atoms. The van der Waals surface area contributed by atoms with Crippen molar-refractivity contribution in [2.75, 3.05) is 26.8 Å². The molecule has 2 aromatic rings. The number of hydrogen-bond donors (Lipinski definition) is 0. The van der Waals surface area contributed by atoms with Crippen LogP contribution < -0.4 is 0 Å². The molecule has 0 aliphatic carbocycles. The lowest BCUT2D eigenvalue weighted by atomic mass is 10.0. The Morgan fingerprint density at radius 2 is 2.00 bits per heavy atom. The van der Waals surface area contributed by atoms with Gasteiger partial charge in [-0.15, -0.1) is 11.3 Å². The van der Waals surface area contributed by atoms with E-state index >= 15 is 0 Å². The van der Waals surface area contributed by atoms with Gasteiger partial charge in [0.05, 0.1) is 22.6 Å². The monoisotopic (exact) mass is 415 g/mol. The molecule has 2 saturated heterocycles. The number of carbonyl (C=O) groups excluding carboxylic acids is 3. The summed E-state index contributed by atoms with van der Waals surface area (Å²) in [5.74, 6) is -0.501. The molecule has 2 aromatic heterocycles. The molecule has 4 heterocycles. The molecule has 2 amide bonds. The molecule has 2 aliphatic heterocycles. The Morgan fingerprint density at radius 1 is 1.21 bits per heavy atom. The molecule has 8 nitrogen and oxygen atoms in total. The highest BCUT2D eigenvalue weighted by Gasteiger charge is 2.44. The number of pyridine rings is 1. The van der Waals surface area contributed by atoms with Crippen molar-refractivity contribution in [3.05, 3.63) is 41.4 Å². The third kappa shape index (κ3) is 3.82. The molecule has 2 aliphatic rings. The summed E-state index contributed by atoms with van der Waals surface area (Å²) >= 11 is 1.42. The van der Waals surface area contributed by atoms with E-state index in [9.17, 15) is 14.4 Å². The van der Waals surface area contributed by atoms with Crippen LogP contribution in [-0.4, -0.2) is 71.6 Å². The molecule has 152 valence electrons. The van der Waals surface area contributed by atoms with Crippen molar-refractivity contribution in [2.45, 2.75) is 24.9 Å². The summed E-state index contributed by atoms with van der Waals surface area (Å²) in [5.41, 5.74) is 0.844. The summed E-state index contributed by atoms with van der Waals surface area (Å²) in [6.07, 6.45) is 2.41. The van der Waals surface area contributed by atoms with E-state index in [1.807, 2.05) is 30.3 Å². The van der Waals surface area contributed by atoms with E-state index in [-0.39, 0.29) is 18.6 Å². The highest BCUT2D eigenvalue weighted by molar-refractivity contribution is 7.17. The van der Waals surface area contributed by atoms with Crippen molar-refractivity contribution in [1.29, 1.82) is 0 Å². The summed E-state index contributed by atoms with van der Waals surface area (Å²) in [6.45, 7) is 1.03. The van der Waals surface area contributed by atoms with E-state index in [2.05, 4.69) is 4.98 Å².